The Kier molecular flexibility index (Phi) is 4.86. The van der Waals surface area contributed by atoms with E-state index in [-0.39, 0.29) is 19.1 Å². The average molecular weight is 305 g/mol. The summed E-state index contributed by atoms with van der Waals surface area (Å²) in [6.45, 7) is 4.81. The minimum absolute atomic E-state index is 0.103. The summed E-state index contributed by atoms with van der Waals surface area (Å²) in [6, 6.07) is 5.71. The second kappa shape index (κ2) is 6.48. The van der Waals surface area contributed by atoms with Crippen molar-refractivity contribution in [3.63, 3.8) is 0 Å². The number of nitrogens with zero attached hydrogens (tertiary/aromatic N) is 1. The highest BCUT2D eigenvalue weighted by Gasteiger charge is 2.44. The zero-order valence-electron chi connectivity index (χ0n) is 13.4. The number of carboxylic acid groups (broad SMARTS) is 1. The molecule has 1 unspecified atom stereocenters. The Labute approximate surface area is 130 Å². The molecule has 1 atom stereocenters. The highest BCUT2D eigenvalue weighted by atomic mass is 16.5. The molecule has 1 aromatic carbocycles. The largest absolute Gasteiger partial charge is 0.481 e. The van der Waals surface area contributed by atoms with E-state index in [1.807, 2.05) is 32.0 Å². The van der Waals surface area contributed by atoms with Crippen LogP contribution in [0.1, 0.15) is 34.3 Å². The maximum Gasteiger partial charge on any atom is 0.313 e. The minimum atomic E-state index is -0.998. The van der Waals surface area contributed by atoms with Gasteiger partial charge in [0.25, 0.3) is 5.91 Å². The number of hydrogen-bond donors (Lipinski definition) is 1. The first-order chi connectivity index (χ1) is 10.4. The summed E-state index contributed by atoms with van der Waals surface area (Å²) in [5.41, 5.74) is 1.68. The molecular weight excluding hydrogens is 282 g/mol. The molecule has 1 aliphatic rings. The fraction of sp³-hybridized carbons (Fsp3) is 0.529. The van der Waals surface area contributed by atoms with Crippen LogP contribution in [-0.2, 0) is 9.53 Å². The molecule has 120 valence electrons. The molecule has 5 heteroatoms. The van der Waals surface area contributed by atoms with E-state index in [9.17, 15) is 14.7 Å². The van der Waals surface area contributed by atoms with Gasteiger partial charge < -0.3 is 14.7 Å². The van der Waals surface area contributed by atoms with E-state index in [0.29, 0.717) is 24.9 Å². The third kappa shape index (κ3) is 3.30. The van der Waals surface area contributed by atoms with Gasteiger partial charge in [-0.15, -0.1) is 0 Å². The van der Waals surface area contributed by atoms with E-state index in [0.717, 1.165) is 11.1 Å². The van der Waals surface area contributed by atoms with Crippen LogP contribution in [0.3, 0.4) is 0 Å². The molecule has 0 aliphatic carbocycles. The number of hydrogen-bond acceptors (Lipinski definition) is 3. The Morgan fingerprint density at radius 2 is 1.91 bits per heavy atom. The van der Waals surface area contributed by atoms with Crippen LogP contribution >= 0.6 is 0 Å². The highest BCUT2D eigenvalue weighted by Crippen LogP contribution is 2.31. The van der Waals surface area contributed by atoms with Crippen molar-refractivity contribution in [1.29, 1.82) is 0 Å². The zero-order valence-corrected chi connectivity index (χ0v) is 13.4. The van der Waals surface area contributed by atoms with Crippen LogP contribution in [0.15, 0.2) is 18.2 Å². The van der Waals surface area contributed by atoms with E-state index in [4.69, 9.17) is 4.74 Å². The number of methoxy groups -OCH3 is 1. The van der Waals surface area contributed by atoms with Crippen LogP contribution in [0.25, 0.3) is 0 Å². The van der Waals surface area contributed by atoms with Gasteiger partial charge in [-0.05, 0) is 38.8 Å². The number of carbonyl (C=O) groups excluding carboxylic acids is 1. The summed E-state index contributed by atoms with van der Waals surface area (Å²) in [5, 5.41) is 9.56. The van der Waals surface area contributed by atoms with Crippen LogP contribution < -0.4 is 0 Å². The van der Waals surface area contributed by atoms with Crippen molar-refractivity contribution in [2.75, 3.05) is 26.8 Å². The Bertz CT molecular complexity index is 560. The van der Waals surface area contributed by atoms with Gasteiger partial charge in [-0.2, -0.15) is 0 Å². The number of amides is 1. The summed E-state index contributed by atoms with van der Waals surface area (Å²) in [7, 11) is 1.50. The first kappa shape index (κ1) is 16.5. The fourth-order valence-electron chi connectivity index (χ4n) is 3.22. The Balaban J connectivity index is 2.24. The van der Waals surface area contributed by atoms with Crippen LogP contribution in [0.4, 0.5) is 0 Å². The summed E-state index contributed by atoms with van der Waals surface area (Å²) >= 11 is 0. The second-order valence-electron chi connectivity index (χ2n) is 6.23. The van der Waals surface area contributed by atoms with Crippen LogP contribution in [0.2, 0.25) is 0 Å². The smallest absolute Gasteiger partial charge is 0.313 e. The lowest BCUT2D eigenvalue weighted by atomic mass is 9.80. The van der Waals surface area contributed by atoms with Gasteiger partial charge in [0.05, 0.1) is 6.61 Å². The molecule has 1 saturated heterocycles. The number of carbonyl (C=O) groups is 2. The quantitative estimate of drug-likeness (QED) is 0.926. The maximum atomic E-state index is 12.7. The summed E-state index contributed by atoms with van der Waals surface area (Å²) in [4.78, 5) is 26.0. The van der Waals surface area contributed by atoms with Crippen molar-refractivity contribution < 1.29 is 19.4 Å². The normalized spacial score (nSPS) is 21.7. The Morgan fingerprint density at radius 1 is 1.27 bits per heavy atom. The van der Waals surface area contributed by atoms with Gasteiger partial charge in [0.2, 0.25) is 0 Å². The molecule has 1 aromatic rings. The third-order valence-corrected chi connectivity index (χ3v) is 4.21. The number of aliphatic carboxylic acids is 1. The molecule has 0 saturated carbocycles. The Hall–Kier alpha value is -1.88. The third-order valence-electron chi connectivity index (χ3n) is 4.21. The predicted octanol–water partition coefficient (Wildman–Crippen LogP) is 2.26. The number of likely N-dealkylation sites (tertiary alicyclic amines) is 1. The SMILES string of the molecule is COCC1(C(=O)O)CCCN(C(=O)c2cc(C)cc(C)c2)C1. The van der Waals surface area contributed by atoms with Crippen molar-refractivity contribution >= 4 is 11.9 Å². The lowest BCUT2D eigenvalue weighted by molar-refractivity contribution is -0.155. The molecule has 0 bridgehead atoms. The number of ether oxygens (including phenoxy) is 1. The first-order valence-corrected chi connectivity index (χ1v) is 7.48. The predicted molar refractivity (Wildman–Crippen MR) is 83.0 cm³/mol. The van der Waals surface area contributed by atoms with Crippen molar-refractivity contribution in [1.82, 2.24) is 4.90 Å². The van der Waals surface area contributed by atoms with E-state index < -0.39 is 11.4 Å². The van der Waals surface area contributed by atoms with Gasteiger partial charge in [0, 0.05) is 25.8 Å². The molecule has 1 heterocycles. The maximum absolute atomic E-state index is 12.7. The van der Waals surface area contributed by atoms with E-state index in [1.54, 1.807) is 4.90 Å². The standard InChI is InChI=1S/C17H23NO4/c1-12-7-13(2)9-14(8-12)15(19)18-6-4-5-17(10-18,11-22-3)16(20)21/h7-9H,4-6,10-11H2,1-3H3,(H,20,21). The van der Waals surface area contributed by atoms with Gasteiger partial charge >= 0.3 is 5.97 Å². The molecule has 5 nitrogen and oxygen atoms in total. The zero-order chi connectivity index (χ0) is 16.3. The summed E-state index contributed by atoms with van der Waals surface area (Å²) in [6.07, 6.45) is 1.21. The van der Waals surface area contributed by atoms with E-state index >= 15 is 0 Å². The van der Waals surface area contributed by atoms with Gasteiger partial charge in [-0.1, -0.05) is 17.2 Å². The van der Waals surface area contributed by atoms with E-state index in [2.05, 4.69) is 0 Å². The van der Waals surface area contributed by atoms with Gasteiger partial charge in [0.15, 0.2) is 0 Å². The molecule has 1 aliphatic heterocycles. The number of carboxylic acids is 1. The van der Waals surface area contributed by atoms with Crippen LogP contribution in [-0.4, -0.2) is 48.7 Å². The summed E-state index contributed by atoms with van der Waals surface area (Å²) in [5.74, 6) is -1.000. The van der Waals surface area contributed by atoms with Crippen molar-refractivity contribution in [2.24, 2.45) is 5.41 Å². The molecule has 1 fully saturated rings. The monoisotopic (exact) mass is 305 g/mol. The minimum Gasteiger partial charge on any atom is -0.481 e. The van der Waals surface area contributed by atoms with Gasteiger partial charge in [0.1, 0.15) is 5.41 Å². The lowest BCUT2D eigenvalue weighted by Gasteiger charge is -2.39. The summed E-state index contributed by atoms with van der Waals surface area (Å²) < 4.78 is 5.10. The van der Waals surface area contributed by atoms with Crippen LogP contribution in [0, 0.1) is 19.3 Å². The molecule has 2 rings (SSSR count). The van der Waals surface area contributed by atoms with Crippen LogP contribution in [0.5, 0.6) is 0 Å². The average Bonchev–Trinajstić information content (AvgIpc) is 2.46. The molecule has 1 amide bonds. The highest BCUT2D eigenvalue weighted by molar-refractivity contribution is 5.95. The number of aryl methyl sites for hydroxylation is 2. The van der Waals surface area contributed by atoms with E-state index in [1.165, 1.54) is 7.11 Å². The fourth-order valence-corrected chi connectivity index (χ4v) is 3.22. The number of rotatable bonds is 4. The number of benzene rings is 1. The molecule has 22 heavy (non-hydrogen) atoms. The molecule has 0 spiro atoms. The van der Waals surface area contributed by atoms with Crippen molar-refractivity contribution in [2.45, 2.75) is 26.7 Å². The number of piperidine rings is 1. The lowest BCUT2D eigenvalue weighted by Crippen LogP contribution is -2.52. The Morgan fingerprint density at radius 3 is 2.45 bits per heavy atom. The first-order valence-electron chi connectivity index (χ1n) is 7.48. The molecule has 1 N–H and O–H groups in total. The van der Waals surface area contributed by atoms with Gasteiger partial charge in [-0.25, -0.2) is 0 Å². The van der Waals surface area contributed by atoms with Crippen molar-refractivity contribution in [3.05, 3.63) is 34.9 Å². The molecular formula is C17H23NO4. The molecule has 0 aromatic heterocycles. The van der Waals surface area contributed by atoms with Crippen molar-refractivity contribution in [3.8, 4) is 0 Å². The second-order valence-corrected chi connectivity index (χ2v) is 6.23. The molecule has 0 radical (unpaired) electrons. The van der Waals surface area contributed by atoms with Gasteiger partial charge in [-0.3, -0.25) is 9.59 Å². The topological polar surface area (TPSA) is 66.8 Å².